The number of hydrogen-bond donors (Lipinski definition) is 3. The first-order valence-corrected chi connectivity index (χ1v) is 6.04. The summed E-state index contributed by atoms with van der Waals surface area (Å²) in [6, 6.07) is 0. The largest absolute Gasteiger partial charge is 0.315 e. The third-order valence-electron chi connectivity index (χ3n) is 1.44. The molecule has 13 heavy (non-hydrogen) atoms. The third kappa shape index (κ3) is 11.8. The Morgan fingerprint density at radius 1 is 1.08 bits per heavy atom. The average Bonchev–Trinajstić information content (AvgIpc) is 2.01. The monoisotopic (exact) mass is 210 g/mol. The van der Waals surface area contributed by atoms with E-state index < -0.39 is 10.1 Å². The van der Waals surface area contributed by atoms with E-state index in [0.29, 0.717) is 6.54 Å². The lowest BCUT2D eigenvalue weighted by Crippen LogP contribution is -2.30. The van der Waals surface area contributed by atoms with Crippen molar-refractivity contribution in [2.45, 2.75) is 13.3 Å². The van der Waals surface area contributed by atoms with Crippen LogP contribution >= 0.6 is 0 Å². The fraction of sp³-hybridized carbons (Fsp3) is 1.00. The lowest BCUT2D eigenvalue weighted by molar-refractivity contribution is 0.480. The summed E-state index contributed by atoms with van der Waals surface area (Å²) >= 11 is 0. The Balaban J connectivity index is 3.09. The molecule has 0 aromatic heterocycles. The Morgan fingerprint density at radius 2 is 1.62 bits per heavy atom. The minimum absolute atomic E-state index is 0.221. The minimum atomic E-state index is -3.80. The zero-order chi connectivity index (χ0) is 10.2. The Bertz CT molecular complexity index is 204. The van der Waals surface area contributed by atoms with Gasteiger partial charge in [-0.15, -0.1) is 0 Å². The van der Waals surface area contributed by atoms with E-state index >= 15 is 0 Å². The summed E-state index contributed by atoms with van der Waals surface area (Å²) in [5.74, 6) is -0.221. The summed E-state index contributed by atoms with van der Waals surface area (Å²) < 4.78 is 28.9. The van der Waals surface area contributed by atoms with Gasteiger partial charge in [-0.05, 0) is 13.0 Å². The number of hydrogen-bond acceptors (Lipinski definition) is 4. The molecule has 0 fully saturated rings. The second-order valence-corrected chi connectivity index (χ2v) is 4.36. The molecule has 0 heterocycles. The quantitative estimate of drug-likeness (QED) is 0.370. The van der Waals surface area contributed by atoms with Crippen LogP contribution in [0.4, 0.5) is 0 Å². The molecule has 0 aliphatic rings. The van der Waals surface area contributed by atoms with Gasteiger partial charge in [0.15, 0.2) is 0 Å². The maximum atomic E-state index is 10.3. The molecule has 0 aliphatic carbocycles. The molecule has 0 unspecified atom stereocenters. The van der Waals surface area contributed by atoms with Crippen molar-refractivity contribution in [1.29, 1.82) is 0 Å². The fourth-order valence-corrected chi connectivity index (χ4v) is 1.21. The fourth-order valence-electron chi connectivity index (χ4n) is 0.805. The topological polar surface area (TPSA) is 78.4 Å². The summed E-state index contributed by atoms with van der Waals surface area (Å²) in [6.07, 6.45) is 1.09. The third-order valence-corrected chi connectivity index (χ3v) is 2.16. The van der Waals surface area contributed by atoms with Crippen LogP contribution in [-0.4, -0.2) is 44.9 Å². The van der Waals surface area contributed by atoms with Crippen LogP contribution in [0.5, 0.6) is 0 Å². The normalized spacial score (nSPS) is 11.8. The summed E-state index contributed by atoms with van der Waals surface area (Å²) in [6.45, 7) is 4.89. The summed E-state index contributed by atoms with van der Waals surface area (Å²) in [7, 11) is -3.80. The standard InChI is InChI=1S/C7H18N2O3S/c1-2-3-8-4-5-9-6-7-13(10,11)12/h8-9H,2-7H2,1H3,(H,10,11,12). The lowest BCUT2D eigenvalue weighted by atomic mass is 10.5. The predicted molar refractivity (Wildman–Crippen MR) is 52.4 cm³/mol. The maximum absolute atomic E-state index is 10.3. The van der Waals surface area contributed by atoms with E-state index in [0.717, 1.165) is 26.1 Å². The highest BCUT2D eigenvalue weighted by atomic mass is 32.2. The van der Waals surface area contributed by atoms with Crippen molar-refractivity contribution in [3.8, 4) is 0 Å². The highest BCUT2D eigenvalue weighted by molar-refractivity contribution is 7.85. The van der Waals surface area contributed by atoms with E-state index in [4.69, 9.17) is 4.55 Å². The molecule has 0 aromatic rings. The number of nitrogens with one attached hydrogen (secondary N) is 2. The second-order valence-electron chi connectivity index (χ2n) is 2.79. The van der Waals surface area contributed by atoms with E-state index in [9.17, 15) is 8.42 Å². The highest BCUT2D eigenvalue weighted by Crippen LogP contribution is 1.77. The molecule has 0 bridgehead atoms. The van der Waals surface area contributed by atoms with Crippen LogP contribution in [0.25, 0.3) is 0 Å². The van der Waals surface area contributed by atoms with Crippen LogP contribution in [0.1, 0.15) is 13.3 Å². The van der Waals surface area contributed by atoms with Gasteiger partial charge >= 0.3 is 0 Å². The van der Waals surface area contributed by atoms with Crippen LogP contribution in [0.15, 0.2) is 0 Å². The van der Waals surface area contributed by atoms with Crippen LogP contribution in [-0.2, 0) is 10.1 Å². The van der Waals surface area contributed by atoms with Gasteiger partial charge in [0.1, 0.15) is 0 Å². The van der Waals surface area contributed by atoms with Crippen LogP contribution in [0.3, 0.4) is 0 Å². The van der Waals surface area contributed by atoms with Gasteiger partial charge in [0.2, 0.25) is 0 Å². The molecule has 6 heteroatoms. The van der Waals surface area contributed by atoms with Crippen LogP contribution < -0.4 is 10.6 Å². The zero-order valence-corrected chi connectivity index (χ0v) is 8.73. The Morgan fingerprint density at radius 3 is 2.08 bits per heavy atom. The molecular formula is C7H18N2O3S. The van der Waals surface area contributed by atoms with E-state index in [2.05, 4.69) is 17.6 Å². The van der Waals surface area contributed by atoms with Gasteiger partial charge < -0.3 is 10.6 Å². The Kier molecular flexibility index (Phi) is 7.16. The van der Waals surface area contributed by atoms with Gasteiger partial charge in [-0.2, -0.15) is 8.42 Å². The summed E-state index contributed by atoms with van der Waals surface area (Å²) in [4.78, 5) is 0. The first-order valence-electron chi connectivity index (χ1n) is 4.43. The Labute approximate surface area is 79.7 Å². The van der Waals surface area contributed by atoms with E-state index in [1.54, 1.807) is 0 Å². The molecule has 0 amide bonds. The van der Waals surface area contributed by atoms with Crippen molar-refractivity contribution in [1.82, 2.24) is 10.6 Å². The van der Waals surface area contributed by atoms with Crippen molar-refractivity contribution in [2.24, 2.45) is 0 Å². The van der Waals surface area contributed by atoms with Crippen molar-refractivity contribution in [3.63, 3.8) is 0 Å². The minimum Gasteiger partial charge on any atom is -0.315 e. The second kappa shape index (κ2) is 7.25. The molecule has 3 N–H and O–H groups in total. The lowest BCUT2D eigenvalue weighted by Gasteiger charge is -2.04. The van der Waals surface area contributed by atoms with E-state index in [1.165, 1.54) is 0 Å². The smallest absolute Gasteiger partial charge is 0.266 e. The van der Waals surface area contributed by atoms with Crippen LogP contribution in [0.2, 0.25) is 0 Å². The molecule has 0 rings (SSSR count). The average molecular weight is 210 g/mol. The molecule has 0 aromatic carbocycles. The van der Waals surface area contributed by atoms with Gasteiger partial charge in [0.05, 0.1) is 5.75 Å². The highest BCUT2D eigenvalue weighted by Gasteiger charge is 2.01. The van der Waals surface area contributed by atoms with Crippen molar-refractivity contribution < 1.29 is 13.0 Å². The molecule has 0 saturated heterocycles. The maximum Gasteiger partial charge on any atom is 0.266 e. The van der Waals surface area contributed by atoms with Crippen molar-refractivity contribution >= 4 is 10.1 Å². The molecule has 0 radical (unpaired) electrons. The molecule has 0 atom stereocenters. The van der Waals surface area contributed by atoms with E-state index in [1.807, 2.05) is 0 Å². The first kappa shape index (κ1) is 12.8. The van der Waals surface area contributed by atoms with Gasteiger partial charge in [0.25, 0.3) is 10.1 Å². The molecular weight excluding hydrogens is 192 g/mol. The molecule has 80 valence electrons. The summed E-state index contributed by atoms with van der Waals surface area (Å²) in [5.41, 5.74) is 0. The van der Waals surface area contributed by atoms with Gasteiger partial charge in [0, 0.05) is 19.6 Å². The Hall–Kier alpha value is -0.170. The van der Waals surface area contributed by atoms with Gasteiger partial charge in [-0.1, -0.05) is 6.92 Å². The van der Waals surface area contributed by atoms with Gasteiger partial charge in [-0.25, -0.2) is 0 Å². The molecule has 0 aliphatic heterocycles. The summed E-state index contributed by atoms with van der Waals surface area (Å²) in [5, 5.41) is 6.06. The number of rotatable bonds is 8. The zero-order valence-electron chi connectivity index (χ0n) is 7.91. The SMILES string of the molecule is CCCNCCNCCS(=O)(=O)O. The molecule has 0 spiro atoms. The first-order chi connectivity index (χ1) is 6.06. The molecule has 0 saturated carbocycles. The predicted octanol–water partition coefficient (Wildman–Crippen LogP) is -0.537. The van der Waals surface area contributed by atoms with Gasteiger partial charge in [-0.3, -0.25) is 4.55 Å². The van der Waals surface area contributed by atoms with E-state index in [-0.39, 0.29) is 5.75 Å². The van der Waals surface area contributed by atoms with Crippen molar-refractivity contribution in [2.75, 3.05) is 31.9 Å². The van der Waals surface area contributed by atoms with Crippen molar-refractivity contribution in [3.05, 3.63) is 0 Å². The van der Waals surface area contributed by atoms with Crippen LogP contribution in [0, 0.1) is 0 Å². The molecule has 5 nitrogen and oxygen atoms in total.